The van der Waals surface area contributed by atoms with Gasteiger partial charge in [-0.25, -0.2) is 0 Å². The molecule has 2 heterocycles. The Balaban J connectivity index is 0.000000509. The smallest absolute Gasteiger partial charge is 0.0546 e. The van der Waals surface area contributed by atoms with Crippen LogP contribution in [0.15, 0.2) is 18.3 Å². The molecule has 2 rings (SSSR count). The van der Waals surface area contributed by atoms with Crippen LogP contribution in [0.4, 0.5) is 0 Å². The maximum absolute atomic E-state index is 4.32. The maximum Gasteiger partial charge on any atom is 0.0546 e. The van der Waals surface area contributed by atoms with Crippen LogP contribution in [0.2, 0.25) is 0 Å². The van der Waals surface area contributed by atoms with Gasteiger partial charge in [0.05, 0.1) is 5.69 Å². The number of aryl methyl sites for hydroxylation is 1. The Morgan fingerprint density at radius 1 is 1.19 bits per heavy atom. The van der Waals surface area contributed by atoms with Crippen LogP contribution in [0.5, 0.6) is 0 Å². The molecule has 0 bridgehead atoms. The van der Waals surface area contributed by atoms with E-state index in [9.17, 15) is 0 Å². The summed E-state index contributed by atoms with van der Waals surface area (Å²) in [5.74, 6) is 0. The SMILES string of the molecule is CC.CC.Cc1ccnc(CN2CCC2)c1. The van der Waals surface area contributed by atoms with Crippen molar-refractivity contribution in [1.29, 1.82) is 0 Å². The van der Waals surface area contributed by atoms with E-state index in [1.165, 1.54) is 30.8 Å². The van der Waals surface area contributed by atoms with Crippen molar-refractivity contribution < 1.29 is 0 Å². The summed E-state index contributed by atoms with van der Waals surface area (Å²) in [6.45, 7) is 13.6. The van der Waals surface area contributed by atoms with Gasteiger partial charge in [-0.1, -0.05) is 27.7 Å². The lowest BCUT2D eigenvalue weighted by Crippen LogP contribution is -2.36. The Hall–Kier alpha value is -0.890. The van der Waals surface area contributed by atoms with Gasteiger partial charge in [0, 0.05) is 12.7 Å². The van der Waals surface area contributed by atoms with E-state index < -0.39 is 0 Å². The number of hydrogen-bond donors (Lipinski definition) is 0. The monoisotopic (exact) mass is 222 g/mol. The molecule has 0 atom stereocenters. The molecule has 1 aliphatic heterocycles. The van der Waals surface area contributed by atoms with Gasteiger partial charge in [-0.2, -0.15) is 0 Å². The lowest BCUT2D eigenvalue weighted by atomic mass is 10.2. The van der Waals surface area contributed by atoms with Gasteiger partial charge in [-0.3, -0.25) is 9.88 Å². The summed E-state index contributed by atoms with van der Waals surface area (Å²) in [6, 6.07) is 4.21. The molecule has 0 amide bonds. The van der Waals surface area contributed by atoms with Gasteiger partial charge in [0.15, 0.2) is 0 Å². The minimum Gasteiger partial charge on any atom is -0.297 e. The van der Waals surface area contributed by atoms with E-state index in [1.54, 1.807) is 0 Å². The second-order valence-electron chi connectivity index (χ2n) is 3.45. The van der Waals surface area contributed by atoms with Gasteiger partial charge >= 0.3 is 0 Å². The van der Waals surface area contributed by atoms with Crippen LogP contribution in [0, 0.1) is 6.92 Å². The average Bonchev–Trinajstić information content (AvgIpc) is 2.29. The van der Waals surface area contributed by atoms with Crippen molar-refractivity contribution in [2.75, 3.05) is 13.1 Å². The summed E-state index contributed by atoms with van der Waals surface area (Å²) in [5, 5.41) is 0. The molecule has 92 valence electrons. The molecule has 0 radical (unpaired) electrons. The summed E-state index contributed by atoms with van der Waals surface area (Å²) >= 11 is 0. The minimum atomic E-state index is 1.03. The van der Waals surface area contributed by atoms with Crippen LogP contribution in [0.25, 0.3) is 0 Å². The maximum atomic E-state index is 4.32. The lowest BCUT2D eigenvalue weighted by Gasteiger charge is -2.30. The first-order valence-corrected chi connectivity index (χ1v) is 6.48. The van der Waals surface area contributed by atoms with Crippen molar-refractivity contribution in [3.8, 4) is 0 Å². The van der Waals surface area contributed by atoms with Crippen molar-refractivity contribution >= 4 is 0 Å². The Labute approximate surface area is 101 Å². The van der Waals surface area contributed by atoms with Gasteiger partial charge in [0.25, 0.3) is 0 Å². The van der Waals surface area contributed by atoms with Crippen LogP contribution in [0.3, 0.4) is 0 Å². The quantitative estimate of drug-likeness (QED) is 0.759. The highest BCUT2D eigenvalue weighted by Gasteiger charge is 2.13. The zero-order valence-corrected chi connectivity index (χ0v) is 11.5. The average molecular weight is 222 g/mol. The topological polar surface area (TPSA) is 16.1 Å². The van der Waals surface area contributed by atoms with Gasteiger partial charge in [-0.15, -0.1) is 0 Å². The van der Waals surface area contributed by atoms with Crippen molar-refractivity contribution in [2.45, 2.75) is 47.6 Å². The lowest BCUT2D eigenvalue weighted by molar-refractivity contribution is 0.170. The van der Waals surface area contributed by atoms with E-state index >= 15 is 0 Å². The van der Waals surface area contributed by atoms with Gasteiger partial charge in [0.1, 0.15) is 0 Å². The molecule has 0 N–H and O–H groups in total. The molecule has 1 fully saturated rings. The molecule has 0 aromatic carbocycles. The van der Waals surface area contributed by atoms with Crippen LogP contribution >= 0.6 is 0 Å². The molecule has 1 aromatic heterocycles. The summed E-state index contributed by atoms with van der Waals surface area (Å²) in [6.07, 6.45) is 3.25. The summed E-state index contributed by atoms with van der Waals surface area (Å²) in [4.78, 5) is 6.74. The highest BCUT2D eigenvalue weighted by atomic mass is 15.2. The van der Waals surface area contributed by atoms with E-state index in [2.05, 4.69) is 22.9 Å². The van der Waals surface area contributed by atoms with E-state index in [-0.39, 0.29) is 0 Å². The second-order valence-corrected chi connectivity index (χ2v) is 3.45. The normalized spacial score (nSPS) is 13.8. The van der Waals surface area contributed by atoms with Crippen LogP contribution < -0.4 is 0 Å². The largest absolute Gasteiger partial charge is 0.297 e. The number of likely N-dealkylation sites (tertiary alicyclic amines) is 1. The van der Waals surface area contributed by atoms with E-state index in [0.717, 1.165) is 6.54 Å². The van der Waals surface area contributed by atoms with Crippen molar-refractivity contribution in [3.63, 3.8) is 0 Å². The van der Waals surface area contributed by atoms with E-state index in [1.807, 2.05) is 40.0 Å². The fourth-order valence-electron chi connectivity index (χ4n) is 1.45. The van der Waals surface area contributed by atoms with Crippen molar-refractivity contribution in [3.05, 3.63) is 29.6 Å². The third kappa shape index (κ3) is 5.26. The third-order valence-corrected chi connectivity index (χ3v) is 2.31. The molecule has 16 heavy (non-hydrogen) atoms. The van der Waals surface area contributed by atoms with Gasteiger partial charge < -0.3 is 0 Å². The predicted octanol–water partition coefficient (Wildman–Crippen LogP) is 3.65. The standard InChI is InChI=1S/C10H14N2.2C2H6/c1-9-3-4-11-10(7-9)8-12-5-2-6-12;2*1-2/h3-4,7H,2,5-6,8H2,1H3;2*1-2H3. The molecule has 1 aromatic rings. The molecule has 0 unspecified atom stereocenters. The highest BCUT2D eigenvalue weighted by molar-refractivity contribution is 5.14. The Kier molecular flexibility index (Phi) is 8.82. The fraction of sp³-hybridized carbons (Fsp3) is 0.643. The Bertz CT molecular complexity index is 267. The number of pyridine rings is 1. The van der Waals surface area contributed by atoms with Crippen molar-refractivity contribution in [1.82, 2.24) is 9.88 Å². The molecular formula is C14H26N2. The third-order valence-electron chi connectivity index (χ3n) is 2.31. The molecule has 1 aliphatic rings. The Morgan fingerprint density at radius 3 is 2.25 bits per heavy atom. The first kappa shape index (κ1) is 15.1. The minimum absolute atomic E-state index is 1.03. The zero-order chi connectivity index (χ0) is 12.4. The Morgan fingerprint density at radius 2 is 1.81 bits per heavy atom. The van der Waals surface area contributed by atoms with Crippen molar-refractivity contribution in [2.24, 2.45) is 0 Å². The van der Waals surface area contributed by atoms with E-state index in [0.29, 0.717) is 0 Å². The van der Waals surface area contributed by atoms with Crippen LogP contribution in [0.1, 0.15) is 45.4 Å². The van der Waals surface area contributed by atoms with E-state index in [4.69, 9.17) is 0 Å². The highest BCUT2D eigenvalue weighted by Crippen LogP contribution is 2.10. The summed E-state index contributed by atoms with van der Waals surface area (Å²) in [5.41, 5.74) is 2.51. The van der Waals surface area contributed by atoms with Gasteiger partial charge in [0.2, 0.25) is 0 Å². The van der Waals surface area contributed by atoms with Crippen LogP contribution in [-0.4, -0.2) is 23.0 Å². The zero-order valence-electron chi connectivity index (χ0n) is 11.5. The molecule has 0 aliphatic carbocycles. The molecular weight excluding hydrogens is 196 g/mol. The molecule has 0 spiro atoms. The molecule has 1 saturated heterocycles. The van der Waals surface area contributed by atoms with Crippen LogP contribution in [-0.2, 0) is 6.54 Å². The summed E-state index contributed by atoms with van der Waals surface area (Å²) in [7, 11) is 0. The predicted molar refractivity (Wildman–Crippen MR) is 71.6 cm³/mol. The first-order chi connectivity index (χ1) is 7.84. The molecule has 0 saturated carbocycles. The number of hydrogen-bond acceptors (Lipinski definition) is 2. The molecule has 2 nitrogen and oxygen atoms in total. The van der Waals surface area contributed by atoms with Gasteiger partial charge in [-0.05, 0) is 44.1 Å². The number of rotatable bonds is 2. The number of nitrogens with zero attached hydrogens (tertiary/aromatic N) is 2. The number of aromatic nitrogens is 1. The fourth-order valence-corrected chi connectivity index (χ4v) is 1.45. The second kappa shape index (κ2) is 9.34. The first-order valence-electron chi connectivity index (χ1n) is 6.48. The summed E-state index contributed by atoms with van der Waals surface area (Å²) < 4.78 is 0. The molecule has 2 heteroatoms.